The quantitative estimate of drug-likeness (QED) is 0.870. The predicted molar refractivity (Wildman–Crippen MR) is 97.4 cm³/mol. The molecule has 2 aromatic carbocycles. The number of nitrogens with one attached hydrogen (secondary N) is 1. The van der Waals surface area contributed by atoms with E-state index in [-0.39, 0.29) is 23.7 Å². The summed E-state index contributed by atoms with van der Waals surface area (Å²) >= 11 is 0. The molecule has 0 saturated heterocycles. The highest BCUT2D eigenvalue weighted by molar-refractivity contribution is 5.95. The van der Waals surface area contributed by atoms with Gasteiger partial charge >= 0.3 is 0 Å². The number of hydrogen-bond donors (Lipinski definition) is 1. The molecule has 0 spiro atoms. The second-order valence-electron chi connectivity index (χ2n) is 6.97. The molecule has 1 amide bonds. The van der Waals surface area contributed by atoms with Gasteiger partial charge in [-0.15, -0.1) is 0 Å². The van der Waals surface area contributed by atoms with Crippen LogP contribution in [0.4, 0.5) is 10.1 Å². The SMILES string of the molecule is COc1cc(C2CC(=O)Nc3cc(OC4CCCC4)ccc32)ccc1F. The molecule has 1 atom stereocenters. The zero-order chi connectivity index (χ0) is 18.1. The number of amides is 1. The third-order valence-corrected chi connectivity index (χ3v) is 5.25. The van der Waals surface area contributed by atoms with Crippen LogP contribution in [0.25, 0.3) is 0 Å². The zero-order valence-electron chi connectivity index (χ0n) is 14.8. The molecular weight excluding hydrogens is 333 g/mol. The summed E-state index contributed by atoms with van der Waals surface area (Å²) in [4.78, 5) is 12.2. The Kier molecular flexibility index (Phi) is 4.53. The van der Waals surface area contributed by atoms with Crippen molar-refractivity contribution in [1.82, 2.24) is 0 Å². The summed E-state index contributed by atoms with van der Waals surface area (Å²) in [6, 6.07) is 10.6. The van der Waals surface area contributed by atoms with E-state index in [1.165, 1.54) is 26.0 Å². The number of rotatable bonds is 4. The molecule has 5 heteroatoms. The molecule has 0 radical (unpaired) electrons. The maximum absolute atomic E-state index is 13.7. The molecule has 2 aromatic rings. The van der Waals surface area contributed by atoms with Crippen LogP contribution in [0.5, 0.6) is 11.5 Å². The first-order chi connectivity index (χ1) is 12.6. The fourth-order valence-corrected chi connectivity index (χ4v) is 3.91. The standard InChI is InChI=1S/C21H22FNO3/c1-25-20-10-13(6-9-18(20)22)17-12-21(24)23-19-11-15(7-8-16(17)19)26-14-4-2-3-5-14/h6-11,14,17H,2-5,12H2,1H3,(H,23,24). The molecule has 26 heavy (non-hydrogen) atoms. The highest BCUT2D eigenvalue weighted by Gasteiger charge is 2.28. The van der Waals surface area contributed by atoms with Crippen LogP contribution >= 0.6 is 0 Å². The summed E-state index contributed by atoms with van der Waals surface area (Å²) < 4.78 is 24.9. The van der Waals surface area contributed by atoms with Crippen LogP contribution in [0, 0.1) is 5.82 Å². The highest BCUT2D eigenvalue weighted by Crippen LogP contribution is 2.40. The van der Waals surface area contributed by atoms with Gasteiger partial charge in [-0.3, -0.25) is 4.79 Å². The minimum absolute atomic E-state index is 0.0520. The van der Waals surface area contributed by atoms with Gasteiger partial charge in [0.2, 0.25) is 5.91 Å². The third-order valence-electron chi connectivity index (χ3n) is 5.25. The zero-order valence-corrected chi connectivity index (χ0v) is 14.8. The van der Waals surface area contributed by atoms with E-state index >= 15 is 0 Å². The van der Waals surface area contributed by atoms with Crippen molar-refractivity contribution in [1.29, 1.82) is 0 Å². The first kappa shape index (κ1) is 16.9. The summed E-state index contributed by atoms with van der Waals surface area (Å²) in [6.45, 7) is 0. The predicted octanol–water partition coefficient (Wildman–Crippen LogP) is 4.63. The summed E-state index contributed by atoms with van der Waals surface area (Å²) in [5.41, 5.74) is 2.64. The van der Waals surface area contributed by atoms with Crippen molar-refractivity contribution < 1.29 is 18.7 Å². The lowest BCUT2D eigenvalue weighted by molar-refractivity contribution is -0.116. The van der Waals surface area contributed by atoms with Gasteiger partial charge in [0, 0.05) is 24.1 Å². The van der Waals surface area contributed by atoms with Gasteiger partial charge in [-0.05, 0) is 55.0 Å². The average molecular weight is 355 g/mol. The van der Waals surface area contributed by atoms with Crippen molar-refractivity contribution in [3.05, 3.63) is 53.3 Å². The average Bonchev–Trinajstić information content (AvgIpc) is 3.14. The van der Waals surface area contributed by atoms with Gasteiger partial charge < -0.3 is 14.8 Å². The molecule has 2 aliphatic rings. The number of anilines is 1. The summed E-state index contributed by atoms with van der Waals surface area (Å²) in [5, 5.41) is 2.94. The van der Waals surface area contributed by atoms with E-state index in [2.05, 4.69) is 5.32 Å². The lowest BCUT2D eigenvalue weighted by Crippen LogP contribution is -2.23. The van der Waals surface area contributed by atoms with Crippen molar-refractivity contribution in [3.8, 4) is 11.5 Å². The van der Waals surface area contributed by atoms with Crippen LogP contribution in [0.3, 0.4) is 0 Å². The molecule has 0 aromatic heterocycles. The van der Waals surface area contributed by atoms with Crippen molar-refractivity contribution in [2.24, 2.45) is 0 Å². The third kappa shape index (κ3) is 3.26. The minimum atomic E-state index is -0.406. The van der Waals surface area contributed by atoms with Gasteiger partial charge in [0.05, 0.1) is 13.2 Å². The lowest BCUT2D eigenvalue weighted by atomic mass is 9.84. The number of fused-ring (bicyclic) bond motifs is 1. The number of methoxy groups -OCH3 is 1. The normalized spacial score (nSPS) is 19.8. The van der Waals surface area contributed by atoms with E-state index in [9.17, 15) is 9.18 Å². The van der Waals surface area contributed by atoms with E-state index in [0.717, 1.165) is 35.4 Å². The molecule has 1 heterocycles. The molecule has 1 fully saturated rings. The Morgan fingerprint density at radius 1 is 1.12 bits per heavy atom. The number of halogens is 1. The molecule has 1 unspecified atom stereocenters. The number of ether oxygens (including phenoxy) is 2. The molecule has 0 bridgehead atoms. The Morgan fingerprint density at radius 3 is 2.69 bits per heavy atom. The Hall–Kier alpha value is -2.56. The van der Waals surface area contributed by atoms with Crippen LogP contribution in [0.2, 0.25) is 0 Å². The van der Waals surface area contributed by atoms with Gasteiger partial charge in [-0.25, -0.2) is 4.39 Å². The highest BCUT2D eigenvalue weighted by atomic mass is 19.1. The molecule has 1 saturated carbocycles. The van der Waals surface area contributed by atoms with Crippen molar-refractivity contribution >= 4 is 11.6 Å². The number of carbonyl (C=O) groups excluding carboxylic acids is 1. The Balaban J connectivity index is 1.65. The first-order valence-electron chi connectivity index (χ1n) is 9.08. The minimum Gasteiger partial charge on any atom is -0.494 e. The molecule has 1 aliphatic heterocycles. The van der Waals surface area contributed by atoms with E-state index < -0.39 is 5.82 Å². The van der Waals surface area contributed by atoms with Gasteiger partial charge in [-0.1, -0.05) is 12.1 Å². The molecule has 136 valence electrons. The van der Waals surface area contributed by atoms with Gasteiger partial charge in [0.1, 0.15) is 5.75 Å². The van der Waals surface area contributed by atoms with Gasteiger partial charge in [0.15, 0.2) is 11.6 Å². The van der Waals surface area contributed by atoms with Crippen molar-refractivity contribution in [2.45, 2.75) is 44.1 Å². The van der Waals surface area contributed by atoms with Crippen molar-refractivity contribution in [2.75, 3.05) is 12.4 Å². The van der Waals surface area contributed by atoms with Crippen LogP contribution in [0.1, 0.15) is 49.1 Å². The van der Waals surface area contributed by atoms with Crippen LogP contribution in [-0.2, 0) is 4.79 Å². The fourth-order valence-electron chi connectivity index (χ4n) is 3.91. The second-order valence-corrected chi connectivity index (χ2v) is 6.97. The van der Waals surface area contributed by atoms with Gasteiger partial charge in [0.25, 0.3) is 0 Å². The largest absolute Gasteiger partial charge is 0.494 e. The van der Waals surface area contributed by atoms with Crippen LogP contribution in [0.15, 0.2) is 36.4 Å². The van der Waals surface area contributed by atoms with E-state index in [0.29, 0.717) is 6.42 Å². The maximum Gasteiger partial charge on any atom is 0.225 e. The smallest absolute Gasteiger partial charge is 0.225 e. The molecule has 4 nitrogen and oxygen atoms in total. The Bertz CT molecular complexity index is 830. The number of carbonyl (C=O) groups is 1. The van der Waals surface area contributed by atoms with Gasteiger partial charge in [-0.2, -0.15) is 0 Å². The van der Waals surface area contributed by atoms with E-state index in [1.54, 1.807) is 12.1 Å². The molecule has 1 aliphatic carbocycles. The first-order valence-corrected chi connectivity index (χ1v) is 9.08. The van der Waals surface area contributed by atoms with Crippen molar-refractivity contribution in [3.63, 3.8) is 0 Å². The topological polar surface area (TPSA) is 47.6 Å². The van der Waals surface area contributed by atoms with Crippen LogP contribution < -0.4 is 14.8 Å². The van der Waals surface area contributed by atoms with Crippen LogP contribution in [-0.4, -0.2) is 19.1 Å². The van der Waals surface area contributed by atoms with E-state index in [1.807, 2.05) is 18.2 Å². The second kappa shape index (κ2) is 6.98. The summed E-state index contributed by atoms with van der Waals surface area (Å²) in [5.74, 6) is 0.388. The monoisotopic (exact) mass is 355 g/mol. The fraction of sp³-hybridized carbons (Fsp3) is 0.381. The maximum atomic E-state index is 13.7. The molecular formula is C21H22FNO3. The number of benzene rings is 2. The summed E-state index contributed by atoms with van der Waals surface area (Å²) in [7, 11) is 1.44. The summed E-state index contributed by atoms with van der Waals surface area (Å²) in [6.07, 6.45) is 5.18. The van der Waals surface area contributed by atoms with E-state index in [4.69, 9.17) is 9.47 Å². The molecule has 1 N–H and O–H groups in total. The lowest BCUT2D eigenvalue weighted by Gasteiger charge is -2.27. The Labute approximate surface area is 152 Å². The molecule has 4 rings (SSSR count). The Morgan fingerprint density at radius 2 is 1.92 bits per heavy atom. The number of hydrogen-bond acceptors (Lipinski definition) is 3.